The first-order chi connectivity index (χ1) is 16.7. The third-order valence-corrected chi connectivity index (χ3v) is 8.19. The lowest BCUT2D eigenvalue weighted by Crippen LogP contribution is -2.30. The fraction of sp³-hybridized carbons (Fsp3) is 0.269. The molecule has 0 saturated heterocycles. The Bertz CT molecular complexity index is 1510. The van der Waals surface area contributed by atoms with Crippen LogP contribution in [0.2, 0.25) is 0 Å². The van der Waals surface area contributed by atoms with Gasteiger partial charge in [-0.1, -0.05) is 49.3 Å². The summed E-state index contributed by atoms with van der Waals surface area (Å²) in [5.41, 5.74) is 4.54. The van der Waals surface area contributed by atoms with Gasteiger partial charge in [-0.25, -0.2) is 13.4 Å². The number of amides is 1. The number of fused-ring (bicyclic) bond motifs is 1. The van der Waals surface area contributed by atoms with E-state index in [4.69, 9.17) is 4.52 Å². The predicted molar refractivity (Wildman–Crippen MR) is 136 cm³/mol. The van der Waals surface area contributed by atoms with E-state index in [2.05, 4.69) is 15.5 Å². The predicted octanol–water partition coefficient (Wildman–Crippen LogP) is 5.10. The minimum atomic E-state index is -3.69. The number of aromatic nitrogens is 2. The van der Waals surface area contributed by atoms with Crippen LogP contribution >= 0.6 is 0 Å². The highest BCUT2D eigenvalue weighted by atomic mass is 32.2. The highest BCUT2D eigenvalue weighted by Crippen LogP contribution is 2.30. The van der Waals surface area contributed by atoms with Crippen molar-refractivity contribution in [3.8, 4) is 11.3 Å². The monoisotopic (exact) mass is 492 g/mol. The van der Waals surface area contributed by atoms with Crippen molar-refractivity contribution in [2.24, 2.45) is 0 Å². The molecular formula is C26H28N4O4S. The van der Waals surface area contributed by atoms with Gasteiger partial charge < -0.3 is 9.84 Å². The Balaban J connectivity index is 1.80. The van der Waals surface area contributed by atoms with Crippen molar-refractivity contribution >= 4 is 32.7 Å². The maximum atomic E-state index is 13.6. The summed E-state index contributed by atoms with van der Waals surface area (Å²) in [6, 6.07) is 14.3. The number of pyridine rings is 1. The first kappa shape index (κ1) is 24.6. The molecule has 1 amide bonds. The van der Waals surface area contributed by atoms with Gasteiger partial charge in [-0.15, -0.1) is 0 Å². The van der Waals surface area contributed by atoms with Crippen LogP contribution in [0.1, 0.15) is 41.0 Å². The number of carbonyl (C=O) groups is 1. The van der Waals surface area contributed by atoms with Gasteiger partial charge in [0.1, 0.15) is 0 Å². The molecule has 8 nitrogen and oxygen atoms in total. The van der Waals surface area contributed by atoms with Crippen LogP contribution in [0, 0.1) is 20.8 Å². The Hall–Kier alpha value is -3.56. The average molecular weight is 493 g/mol. The minimum Gasteiger partial charge on any atom is -0.335 e. The Kier molecular flexibility index (Phi) is 6.73. The summed E-state index contributed by atoms with van der Waals surface area (Å²) in [5.74, 6) is -0.402. The van der Waals surface area contributed by atoms with Crippen molar-refractivity contribution in [3.63, 3.8) is 0 Å². The number of aryl methyl sites for hydroxylation is 2. The molecule has 0 saturated carbocycles. The average Bonchev–Trinajstić information content (AvgIpc) is 3.23. The topological polar surface area (TPSA) is 105 Å². The Morgan fingerprint density at radius 1 is 1.03 bits per heavy atom. The number of hydrogen-bond donors (Lipinski definition) is 1. The Morgan fingerprint density at radius 2 is 1.71 bits per heavy atom. The van der Waals surface area contributed by atoms with E-state index >= 15 is 0 Å². The first-order valence-corrected chi connectivity index (χ1v) is 12.9. The molecule has 182 valence electrons. The zero-order valence-corrected chi connectivity index (χ0v) is 21.2. The molecule has 9 heteroatoms. The third kappa shape index (κ3) is 4.56. The molecule has 4 aromatic rings. The van der Waals surface area contributed by atoms with E-state index in [0.29, 0.717) is 41.1 Å². The van der Waals surface area contributed by atoms with Gasteiger partial charge in [0.05, 0.1) is 27.2 Å². The molecule has 1 N–H and O–H groups in total. The van der Waals surface area contributed by atoms with Crippen molar-refractivity contribution in [1.29, 1.82) is 0 Å². The molecule has 2 aromatic carbocycles. The summed E-state index contributed by atoms with van der Waals surface area (Å²) in [6.45, 7) is 9.74. The second-order valence-corrected chi connectivity index (χ2v) is 10.3. The molecule has 0 atom stereocenters. The lowest BCUT2D eigenvalue weighted by molar-refractivity contribution is 0.102. The molecule has 0 unspecified atom stereocenters. The molecule has 0 bridgehead atoms. The van der Waals surface area contributed by atoms with Gasteiger partial charge in [0.25, 0.3) is 11.6 Å². The summed E-state index contributed by atoms with van der Waals surface area (Å²) < 4.78 is 33.0. The summed E-state index contributed by atoms with van der Waals surface area (Å²) in [5, 5.41) is 7.44. The lowest BCUT2D eigenvalue weighted by Gasteiger charge is -2.20. The standard InChI is InChI=1S/C26H28N4O4S/c1-6-30(7-2)35(32,33)20-13-16(3)17(4)22(14-20)27-25(31)21-15-23(19-11-9-8-10-12-19)28-26-24(21)18(5)29-34-26/h8-15H,6-7H2,1-5H3,(H,27,31). The van der Waals surface area contributed by atoms with E-state index in [-0.39, 0.29) is 10.6 Å². The van der Waals surface area contributed by atoms with Crippen molar-refractivity contribution in [3.05, 3.63) is 70.9 Å². The maximum Gasteiger partial charge on any atom is 0.259 e. The van der Waals surface area contributed by atoms with Crippen LogP contribution in [0.4, 0.5) is 5.69 Å². The molecule has 4 rings (SSSR count). The van der Waals surface area contributed by atoms with E-state index in [1.165, 1.54) is 10.4 Å². The normalized spacial score (nSPS) is 11.8. The van der Waals surface area contributed by atoms with Gasteiger partial charge in [-0.3, -0.25) is 4.79 Å². The van der Waals surface area contributed by atoms with Crippen LogP contribution in [0.3, 0.4) is 0 Å². The summed E-state index contributed by atoms with van der Waals surface area (Å²) in [6.07, 6.45) is 0. The minimum absolute atomic E-state index is 0.144. The van der Waals surface area contributed by atoms with E-state index < -0.39 is 15.9 Å². The van der Waals surface area contributed by atoms with Crippen molar-refractivity contribution in [2.75, 3.05) is 18.4 Å². The second-order valence-electron chi connectivity index (χ2n) is 8.33. The molecule has 0 radical (unpaired) electrons. The molecule has 0 aliphatic heterocycles. The molecule has 0 fully saturated rings. The molecule has 0 spiro atoms. The first-order valence-electron chi connectivity index (χ1n) is 11.4. The van der Waals surface area contributed by atoms with E-state index in [1.54, 1.807) is 32.9 Å². The largest absolute Gasteiger partial charge is 0.335 e. The van der Waals surface area contributed by atoms with Gasteiger partial charge in [0, 0.05) is 24.3 Å². The summed E-state index contributed by atoms with van der Waals surface area (Å²) in [7, 11) is -3.69. The van der Waals surface area contributed by atoms with Gasteiger partial charge in [-0.2, -0.15) is 4.31 Å². The number of sulfonamides is 1. The SMILES string of the molecule is CCN(CC)S(=O)(=O)c1cc(C)c(C)c(NC(=O)c2cc(-c3ccccc3)nc3onc(C)c23)c1. The highest BCUT2D eigenvalue weighted by molar-refractivity contribution is 7.89. The zero-order valence-electron chi connectivity index (χ0n) is 20.4. The van der Waals surface area contributed by atoms with Crippen molar-refractivity contribution in [1.82, 2.24) is 14.4 Å². The summed E-state index contributed by atoms with van der Waals surface area (Å²) in [4.78, 5) is 18.2. The number of benzene rings is 2. The third-order valence-electron chi connectivity index (χ3n) is 6.16. The number of rotatable bonds is 7. The number of nitrogens with zero attached hydrogens (tertiary/aromatic N) is 3. The smallest absolute Gasteiger partial charge is 0.259 e. The fourth-order valence-corrected chi connectivity index (χ4v) is 5.61. The molecule has 2 heterocycles. The lowest BCUT2D eigenvalue weighted by atomic mass is 10.0. The number of hydrogen-bond acceptors (Lipinski definition) is 6. The number of nitrogens with one attached hydrogen (secondary N) is 1. The number of carbonyl (C=O) groups excluding carboxylic acids is 1. The van der Waals surface area contributed by atoms with Crippen molar-refractivity contribution in [2.45, 2.75) is 39.5 Å². The molecule has 2 aromatic heterocycles. The van der Waals surface area contributed by atoms with Crippen molar-refractivity contribution < 1.29 is 17.7 Å². The van der Waals surface area contributed by atoms with Crippen LogP contribution in [-0.2, 0) is 10.0 Å². The second kappa shape index (κ2) is 9.59. The zero-order chi connectivity index (χ0) is 25.3. The highest BCUT2D eigenvalue weighted by Gasteiger charge is 2.25. The van der Waals surface area contributed by atoms with E-state index in [9.17, 15) is 13.2 Å². The van der Waals surface area contributed by atoms with Crippen LogP contribution < -0.4 is 5.32 Å². The van der Waals surface area contributed by atoms with Gasteiger partial charge >= 0.3 is 0 Å². The summed E-state index contributed by atoms with van der Waals surface area (Å²) >= 11 is 0. The van der Waals surface area contributed by atoms with Crippen LogP contribution in [0.15, 0.2) is 57.9 Å². The molecular weight excluding hydrogens is 464 g/mol. The Morgan fingerprint density at radius 3 is 2.37 bits per heavy atom. The van der Waals surface area contributed by atoms with E-state index in [0.717, 1.165) is 16.7 Å². The maximum absolute atomic E-state index is 13.6. The van der Waals surface area contributed by atoms with Crippen LogP contribution in [-0.4, -0.2) is 41.9 Å². The number of anilines is 1. The Labute approximate surface area is 205 Å². The van der Waals surface area contributed by atoms with Gasteiger partial charge in [0.15, 0.2) is 0 Å². The molecule has 35 heavy (non-hydrogen) atoms. The molecule has 0 aliphatic rings. The van der Waals surface area contributed by atoms with Gasteiger partial charge in [-0.05, 0) is 50.1 Å². The van der Waals surface area contributed by atoms with Crippen LogP contribution in [0.5, 0.6) is 0 Å². The van der Waals surface area contributed by atoms with E-state index in [1.807, 2.05) is 44.2 Å². The fourth-order valence-electron chi connectivity index (χ4n) is 4.04. The molecule has 0 aliphatic carbocycles. The van der Waals surface area contributed by atoms with Crippen LogP contribution in [0.25, 0.3) is 22.4 Å². The van der Waals surface area contributed by atoms with Gasteiger partial charge in [0.2, 0.25) is 10.0 Å². The quantitative estimate of drug-likeness (QED) is 0.385.